The molecule has 2 heterocycles. The van der Waals surface area contributed by atoms with Gasteiger partial charge in [-0.15, -0.1) is 0 Å². The lowest BCUT2D eigenvalue weighted by atomic mass is 9.98. The second kappa shape index (κ2) is 10.9. The van der Waals surface area contributed by atoms with E-state index in [0.717, 1.165) is 66.5 Å². The average molecular weight is 611 g/mol. The zero-order valence-electron chi connectivity index (χ0n) is 25.8. The molecule has 48 heavy (non-hydrogen) atoms. The highest BCUT2D eigenvalue weighted by molar-refractivity contribution is 6.12. The summed E-state index contributed by atoms with van der Waals surface area (Å²) in [5.41, 5.74) is 12.1. The maximum absolute atomic E-state index is 9.83. The van der Waals surface area contributed by atoms with Crippen molar-refractivity contribution in [1.29, 1.82) is 5.26 Å². The van der Waals surface area contributed by atoms with Gasteiger partial charge < -0.3 is 9.13 Å². The average Bonchev–Trinajstić information content (AvgIpc) is 3.68. The van der Waals surface area contributed by atoms with E-state index in [1.54, 1.807) is 0 Å². The van der Waals surface area contributed by atoms with Crippen LogP contribution in [0.15, 0.2) is 158 Å². The highest BCUT2D eigenvalue weighted by Crippen LogP contribution is 2.39. The largest absolute Gasteiger partial charge is 0.310 e. The smallest absolute Gasteiger partial charge is 0.189 e. The molecule has 0 saturated heterocycles. The Morgan fingerprint density at radius 3 is 1.67 bits per heavy atom. The first-order chi connectivity index (χ1) is 23.7. The number of aromatic nitrogens is 2. The summed E-state index contributed by atoms with van der Waals surface area (Å²) in [5.74, 6) is 0. The van der Waals surface area contributed by atoms with Gasteiger partial charge >= 0.3 is 0 Å². The summed E-state index contributed by atoms with van der Waals surface area (Å²) >= 11 is 0. The lowest BCUT2D eigenvalue weighted by Gasteiger charge is -2.15. The van der Waals surface area contributed by atoms with Crippen LogP contribution in [0.3, 0.4) is 0 Å². The summed E-state index contributed by atoms with van der Waals surface area (Å²) in [4.78, 5) is 3.78. The minimum atomic E-state index is 0.611. The van der Waals surface area contributed by atoms with E-state index in [0.29, 0.717) is 11.3 Å². The van der Waals surface area contributed by atoms with E-state index in [-0.39, 0.29) is 0 Å². The highest BCUT2D eigenvalue weighted by Gasteiger charge is 2.17. The molecule has 222 valence electrons. The molecule has 9 aromatic rings. The molecule has 7 aromatic carbocycles. The molecule has 4 heteroatoms. The third-order valence-corrected chi connectivity index (χ3v) is 9.40. The summed E-state index contributed by atoms with van der Waals surface area (Å²) in [7, 11) is 0. The Morgan fingerprint density at radius 1 is 0.500 bits per heavy atom. The van der Waals surface area contributed by atoms with Gasteiger partial charge in [0.05, 0.1) is 40.3 Å². The molecular formula is C44H26N4. The van der Waals surface area contributed by atoms with Gasteiger partial charge in [-0.2, -0.15) is 5.26 Å². The molecule has 0 unspecified atom stereocenters. The maximum atomic E-state index is 9.83. The Balaban J connectivity index is 1.12. The summed E-state index contributed by atoms with van der Waals surface area (Å²) in [6.45, 7) is 7.75. The first kappa shape index (κ1) is 27.4. The van der Waals surface area contributed by atoms with Gasteiger partial charge in [-0.05, 0) is 65.2 Å². The Labute approximate surface area is 277 Å². The molecule has 0 aliphatic rings. The van der Waals surface area contributed by atoms with E-state index in [1.165, 1.54) is 10.8 Å². The van der Waals surface area contributed by atoms with E-state index in [4.69, 9.17) is 6.57 Å². The van der Waals surface area contributed by atoms with Gasteiger partial charge in [0.2, 0.25) is 0 Å². The van der Waals surface area contributed by atoms with Crippen molar-refractivity contribution in [3.8, 4) is 39.7 Å². The summed E-state index contributed by atoms with van der Waals surface area (Å²) in [6.07, 6.45) is 0. The van der Waals surface area contributed by atoms with Gasteiger partial charge in [0.1, 0.15) is 0 Å². The number of para-hydroxylation sites is 3. The van der Waals surface area contributed by atoms with Crippen molar-refractivity contribution in [2.24, 2.45) is 0 Å². The van der Waals surface area contributed by atoms with E-state index < -0.39 is 0 Å². The van der Waals surface area contributed by atoms with Crippen LogP contribution in [0.25, 0.3) is 82.1 Å². The third kappa shape index (κ3) is 4.14. The zero-order chi connectivity index (χ0) is 32.2. The minimum Gasteiger partial charge on any atom is -0.310 e. The van der Waals surface area contributed by atoms with Crippen LogP contribution in [-0.2, 0) is 0 Å². The minimum absolute atomic E-state index is 0.611. The van der Waals surface area contributed by atoms with E-state index in [9.17, 15) is 5.26 Å². The first-order valence-corrected chi connectivity index (χ1v) is 15.9. The quantitative estimate of drug-likeness (QED) is 0.183. The lowest BCUT2D eigenvalue weighted by Crippen LogP contribution is -1.97. The number of hydrogen-bond acceptors (Lipinski definition) is 1. The van der Waals surface area contributed by atoms with Crippen molar-refractivity contribution in [3.63, 3.8) is 0 Å². The number of fused-ring (bicyclic) bond motifs is 6. The molecule has 0 amide bonds. The summed E-state index contributed by atoms with van der Waals surface area (Å²) in [5, 5.41) is 14.3. The van der Waals surface area contributed by atoms with Crippen LogP contribution in [-0.4, -0.2) is 9.13 Å². The zero-order valence-corrected chi connectivity index (χ0v) is 25.8. The second-order valence-electron chi connectivity index (χ2n) is 12.0. The maximum Gasteiger partial charge on any atom is 0.189 e. The molecule has 4 nitrogen and oxygen atoms in total. The summed E-state index contributed by atoms with van der Waals surface area (Å²) < 4.78 is 4.52. The summed E-state index contributed by atoms with van der Waals surface area (Å²) in [6, 6.07) is 56.8. The fraction of sp³-hybridized carbons (Fsp3) is 0. The third-order valence-electron chi connectivity index (χ3n) is 9.40. The van der Waals surface area contributed by atoms with Gasteiger partial charge in [-0.25, -0.2) is 4.85 Å². The topological polar surface area (TPSA) is 38.0 Å². The predicted octanol–water partition coefficient (Wildman–Crippen LogP) is 11.6. The van der Waals surface area contributed by atoms with Gasteiger partial charge in [0, 0.05) is 38.5 Å². The van der Waals surface area contributed by atoms with Crippen LogP contribution in [0.1, 0.15) is 5.56 Å². The molecule has 9 rings (SSSR count). The van der Waals surface area contributed by atoms with E-state index in [2.05, 4.69) is 141 Å². The number of nitrogens with zero attached hydrogens (tertiary/aromatic N) is 4. The van der Waals surface area contributed by atoms with Crippen LogP contribution in [0.4, 0.5) is 5.69 Å². The number of benzene rings is 7. The van der Waals surface area contributed by atoms with Crippen LogP contribution in [0.2, 0.25) is 0 Å². The Bertz CT molecular complexity index is 2730. The van der Waals surface area contributed by atoms with Crippen molar-refractivity contribution in [2.45, 2.75) is 0 Å². The normalized spacial score (nSPS) is 11.3. The molecule has 0 bridgehead atoms. The molecule has 2 aromatic heterocycles. The molecule has 0 saturated carbocycles. The van der Waals surface area contributed by atoms with Crippen LogP contribution >= 0.6 is 0 Å². The van der Waals surface area contributed by atoms with Gasteiger partial charge in [-0.1, -0.05) is 109 Å². The second-order valence-corrected chi connectivity index (χ2v) is 12.0. The van der Waals surface area contributed by atoms with Crippen LogP contribution < -0.4 is 0 Å². The predicted molar refractivity (Wildman–Crippen MR) is 197 cm³/mol. The SMILES string of the molecule is [C-]#[N+]c1ccc(-c2ccc(-c3ccc(-n4c5ccccc5c5c(C#N)cccc54)cc3)cc2)c(-n2c3ccccc3c3ccccc32)c1. The Kier molecular flexibility index (Phi) is 6.22. The molecule has 0 fully saturated rings. The van der Waals surface area contributed by atoms with Gasteiger partial charge in [0.15, 0.2) is 5.69 Å². The molecule has 0 radical (unpaired) electrons. The molecule has 0 spiro atoms. The van der Waals surface area contributed by atoms with Crippen LogP contribution in [0.5, 0.6) is 0 Å². The fourth-order valence-electron chi connectivity index (χ4n) is 7.24. The lowest BCUT2D eigenvalue weighted by molar-refractivity contribution is 1.18. The van der Waals surface area contributed by atoms with Crippen molar-refractivity contribution >= 4 is 49.3 Å². The fourth-order valence-corrected chi connectivity index (χ4v) is 7.24. The number of hydrogen-bond donors (Lipinski definition) is 0. The molecular weight excluding hydrogens is 585 g/mol. The first-order valence-electron chi connectivity index (χ1n) is 15.9. The van der Waals surface area contributed by atoms with E-state index >= 15 is 0 Å². The molecule has 0 N–H and O–H groups in total. The van der Waals surface area contributed by atoms with Crippen molar-refractivity contribution in [3.05, 3.63) is 175 Å². The van der Waals surface area contributed by atoms with E-state index in [1.807, 2.05) is 36.4 Å². The van der Waals surface area contributed by atoms with Crippen molar-refractivity contribution in [2.75, 3.05) is 0 Å². The number of rotatable bonds is 4. The monoisotopic (exact) mass is 610 g/mol. The van der Waals surface area contributed by atoms with Crippen LogP contribution in [0, 0.1) is 17.9 Å². The number of nitriles is 1. The van der Waals surface area contributed by atoms with Crippen molar-refractivity contribution < 1.29 is 0 Å². The standard InChI is InChI=1S/C44H26N4/c1-46-33-23-26-35(43(27-33)48-39-13-5-2-10-36(39)37-11-3-6-14-40(37)48)31-19-17-29(18-20-31)30-21-24-34(25-22-30)47-41-15-7-4-12-38(41)44-32(28-45)9-8-16-42(44)47/h2-27H. The van der Waals surface area contributed by atoms with Crippen molar-refractivity contribution in [1.82, 2.24) is 9.13 Å². The Hall–Kier alpha value is -6.88. The molecule has 0 atom stereocenters. The molecule has 0 aliphatic heterocycles. The molecule has 0 aliphatic carbocycles. The Morgan fingerprint density at radius 2 is 1.04 bits per heavy atom. The highest BCUT2D eigenvalue weighted by atomic mass is 15.0. The van der Waals surface area contributed by atoms with Gasteiger partial charge in [0.25, 0.3) is 0 Å². The van der Waals surface area contributed by atoms with Gasteiger partial charge in [-0.3, -0.25) is 0 Å².